The summed E-state index contributed by atoms with van der Waals surface area (Å²) < 4.78 is 0. The smallest absolute Gasteiger partial charge is 0.324 e. The summed E-state index contributed by atoms with van der Waals surface area (Å²) in [6.07, 6.45) is -1.09. The van der Waals surface area contributed by atoms with Gasteiger partial charge < -0.3 is 10.2 Å². The molecule has 2 atom stereocenters. The maximum Gasteiger partial charge on any atom is 0.324 e. The molecular weight excluding hydrogens is 110 g/mol. The van der Waals surface area contributed by atoms with Crippen molar-refractivity contribution in [3.63, 3.8) is 0 Å². The highest BCUT2D eigenvalue weighted by Gasteiger charge is 2.17. The van der Waals surface area contributed by atoms with Gasteiger partial charge in [-0.25, -0.2) is 5.73 Å². The second-order valence-electron chi connectivity index (χ2n) is 1.56. The first kappa shape index (κ1) is 7.39. The molecule has 0 spiro atoms. The van der Waals surface area contributed by atoms with E-state index in [1.54, 1.807) is 0 Å². The van der Waals surface area contributed by atoms with Crippen LogP contribution in [0.5, 0.6) is 0 Å². The van der Waals surface area contributed by atoms with Gasteiger partial charge in [-0.3, -0.25) is 4.79 Å². The number of aliphatic hydroxyl groups is 1. The Labute approximate surface area is 46.9 Å². The van der Waals surface area contributed by atoms with E-state index in [0.29, 0.717) is 0 Å². The average molecular weight is 118 g/mol. The monoisotopic (exact) mass is 118 g/mol. The minimum Gasteiger partial charge on any atom is -0.480 e. The summed E-state index contributed by atoms with van der Waals surface area (Å²) in [5, 5.41) is 16.4. The van der Waals surface area contributed by atoms with Gasteiger partial charge in [-0.05, 0) is 6.92 Å². The van der Waals surface area contributed by atoms with E-state index in [0.717, 1.165) is 0 Å². The van der Waals surface area contributed by atoms with Crippen LogP contribution < -0.4 is 5.73 Å². The molecule has 0 aliphatic heterocycles. The van der Waals surface area contributed by atoms with Gasteiger partial charge in [0, 0.05) is 0 Å². The van der Waals surface area contributed by atoms with Crippen molar-refractivity contribution in [2.45, 2.75) is 19.1 Å². The van der Waals surface area contributed by atoms with E-state index < -0.39 is 18.1 Å². The molecule has 0 amide bonds. The molecule has 0 aromatic carbocycles. The lowest BCUT2D eigenvalue weighted by Gasteiger charge is -2.05. The van der Waals surface area contributed by atoms with Gasteiger partial charge in [-0.15, -0.1) is 0 Å². The largest absolute Gasteiger partial charge is 0.480 e. The van der Waals surface area contributed by atoms with Crippen LogP contribution in [0.25, 0.3) is 0 Å². The summed E-state index contributed by atoms with van der Waals surface area (Å²) in [5.41, 5.74) is 6.63. The molecule has 3 N–H and O–H groups in total. The normalized spacial score (nSPS) is 17.4. The standard InChI is InChI=1S/C4H8NO3/c1-2(6)3(5)4(7)8/h2-3,5-6H,1H3,(H,7,8)/t2-,3+/m1/s1. The van der Waals surface area contributed by atoms with Crippen molar-refractivity contribution >= 4 is 5.97 Å². The van der Waals surface area contributed by atoms with Crippen molar-refractivity contribution in [3.8, 4) is 0 Å². The minimum atomic E-state index is -1.41. The van der Waals surface area contributed by atoms with Gasteiger partial charge in [0.2, 0.25) is 0 Å². The van der Waals surface area contributed by atoms with Gasteiger partial charge in [-0.2, -0.15) is 0 Å². The molecule has 0 bridgehead atoms. The summed E-state index contributed by atoms with van der Waals surface area (Å²) in [6.45, 7) is 1.27. The number of carbonyl (C=O) groups is 1. The first-order chi connectivity index (χ1) is 3.55. The van der Waals surface area contributed by atoms with Gasteiger partial charge in [0.05, 0.1) is 6.10 Å². The fourth-order valence-electron chi connectivity index (χ4n) is 0.206. The van der Waals surface area contributed by atoms with Crippen LogP contribution in [0.15, 0.2) is 0 Å². The predicted octanol–water partition coefficient (Wildman–Crippen LogP) is -0.897. The third kappa shape index (κ3) is 1.90. The molecule has 8 heavy (non-hydrogen) atoms. The molecule has 4 heteroatoms. The van der Waals surface area contributed by atoms with Crippen LogP contribution in [0.1, 0.15) is 6.92 Å². The molecule has 0 aliphatic rings. The Morgan fingerprint density at radius 3 is 2.12 bits per heavy atom. The molecule has 0 saturated heterocycles. The molecule has 0 aliphatic carbocycles. The Hall–Kier alpha value is -0.610. The Morgan fingerprint density at radius 2 is 2.12 bits per heavy atom. The molecule has 1 radical (unpaired) electrons. The summed E-state index contributed by atoms with van der Waals surface area (Å²) in [7, 11) is 0. The maximum absolute atomic E-state index is 9.79. The Morgan fingerprint density at radius 1 is 1.75 bits per heavy atom. The predicted molar refractivity (Wildman–Crippen MR) is 26.2 cm³/mol. The quantitative estimate of drug-likeness (QED) is 0.493. The van der Waals surface area contributed by atoms with Crippen molar-refractivity contribution in [2.75, 3.05) is 0 Å². The zero-order valence-electron chi connectivity index (χ0n) is 4.46. The number of carboxylic acids is 1. The molecule has 0 heterocycles. The number of nitrogens with one attached hydrogen (secondary N) is 1. The van der Waals surface area contributed by atoms with E-state index in [2.05, 4.69) is 0 Å². The maximum atomic E-state index is 9.79. The van der Waals surface area contributed by atoms with Crippen LogP contribution in [0.3, 0.4) is 0 Å². The molecule has 4 nitrogen and oxygen atoms in total. The Bertz CT molecular complexity index is 91.3. The van der Waals surface area contributed by atoms with Gasteiger partial charge in [0.15, 0.2) is 0 Å². The molecule has 0 fully saturated rings. The SMILES string of the molecule is C[C@@H](O)[C@H]([NH])C(=O)O. The van der Waals surface area contributed by atoms with E-state index in [1.165, 1.54) is 6.92 Å². The lowest BCUT2D eigenvalue weighted by molar-refractivity contribution is -0.141. The van der Waals surface area contributed by atoms with Crippen LogP contribution in [-0.4, -0.2) is 28.3 Å². The molecule has 0 aromatic heterocycles. The van der Waals surface area contributed by atoms with Crippen molar-refractivity contribution in [1.29, 1.82) is 0 Å². The van der Waals surface area contributed by atoms with Crippen LogP contribution >= 0.6 is 0 Å². The Balaban J connectivity index is 3.64. The first-order valence-electron chi connectivity index (χ1n) is 2.17. The van der Waals surface area contributed by atoms with Crippen LogP contribution in [0.2, 0.25) is 0 Å². The Kier molecular flexibility index (Phi) is 2.44. The number of hydrogen-bond acceptors (Lipinski definition) is 2. The third-order valence-corrected chi connectivity index (χ3v) is 0.748. The zero-order valence-corrected chi connectivity index (χ0v) is 4.46. The number of hydrogen-bond donors (Lipinski definition) is 2. The van der Waals surface area contributed by atoms with Crippen LogP contribution in [-0.2, 0) is 4.79 Å². The summed E-state index contributed by atoms with van der Waals surface area (Å²) in [6, 6.07) is -1.41. The summed E-state index contributed by atoms with van der Waals surface area (Å²) in [5.74, 6) is -1.29. The molecule has 0 rings (SSSR count). The topological polar surface area (TPSA) is 81.3 Å². The average Bonchev–Trinajstić information content (AvgIpc) is 1.64. The number of carboxylic acid groups (broad SMARTS) is 1. The second kappa shape index (κ2) is 2.64. The van der Waals surface area contributed by atoms with Crippen molar-refractivity contribution in [2.24, 2.45) is 0 Å². The van der Waals surface area contributed by atoms with E-state index in [4.69, 9.17) is 15.9 Å². The van der Waals surface area contributed by atoms with Crippen molar-refractivity contribution in [3.05, 3.63) is 0 Å². The molecular formula is C4H8NO3. The van der Waals surface area contributed by atoms with Crippen LogP contribution in [0.4, 0.5) is 0 Å². The fraction of sp³-hybridized carbons (Fsp3) is 0.750. The molecule has 47 valence electrons. The summed E-state index contributed by atoms with van der Waals surface area (Å²) in [4.78, 5) is 9.79. The van der Waals surface area contributed by atoms with E-state index in [1.807, 2.05) is 0 Å². The molecule has 0 aromatic rings. The molecule has 0 saturated carbocycles. The lowest BCUT2D eigenvalue weighted by Crippen LogP contribution is -2.32. The van der Waals surface area contributed by atoms with E-state index in [-0.39, 0.29) is 0 Å². The van der Waals surface area contributed by atoms with Gasteiger partial charge in [-0.1, -0.05) is 0 Å². The van der Waals surface area contributed by atoms with E-state index >= 15 is 0 Å². The first-order valence-corrected chi connectivity index (χ1v) is 2.17. The zero-order chi connectivity index (χ0) is 6.73. The van der Waals surface area contributed by atoms with Crippen molar-refractivity contribution < 1.29 is 15.0 Å². The minimum absolute atomic E-state index is 1.09. The fourth-order valence-corrected chi connectivity index (χ4v) is 0.206. The highest BCUT2D eigenvalue weighted by Crippen LogP contribution is 1.88. The molecule has 0 unspecified atom stereocenters. The van der Waals surface area contributed by atoms with Gasteiger partial charge in [0.25, 0.3) is 0 Å². The van der Waals surface area contributed by atoms with Gasteiger partial charge >= 0.3 is 5.97 Å². The summed E-state index contributed by atoms with van der Waals surface area (Å²) >= 11 is 0. The number of aliphatic carboxylic acids is 1. The second-order valence-corrected chi connectivity index (χ2v) is 1.56. The van der Waals surface area contributed by atoms with Crippen molar-refractivity contribution in [1.82, 2.24) is 5.73 Å². The highest BCUT2D eigenvalue weighted by molar-refractivity contribution is 5.73. The number of rotatable bonds is 2. The highest BCUT2D eigenvalue weighted by atomic mass is 16.4. The lowest BCUT2D eigenvalue weighted by atomic mass is 10.2. The third-order valence-electron chi connectivity index (χ3n) is 0.748. The number of aliphatic hydroxyl groups excluding tert-OH is 1. The van der Waals surface area contributed by atoms with Crippen LogP contribution in [0, 0.1) is 0 Å². The van der Waals surface area contributed by atoms with Gasteiger partial charge in [0.1, 0.15) is 6.04 Å². The van der Waals surface area contributed by atoms with E-state index in [9.17, 15) is 4.79 Å².